The van der Waals surface area contributed by atoms with Crippen molar-refractivity contribution in [3.05, 3.63) is 71.6 Å². The highest BCUT2D eigenvalue weighted by molar-refractivity contribution is 5.87. The summed E-state index contributed by atoms with van der Waals surface area (Å²) in [6.07, 6.45) is 11.2. The predicted molar refractivity (Wildman–Crippen MR) is 255 cm³/mol. The average molecular weight is 918 g/mol. The number of piperidine rings is 1. The SMILES string of the molecule is COC(=O)N[C@H](C(=O)N1CCC[C@H]1c1nc2ccc([C@H]3CC[C@H](c4ccc5nc([C@@H]6CCCN6C(=O)[C@@H](C[C@H](O)OC)C(C)C)[nH]c5c4)N3c3cnc(N4CCCCC4)nc3)cc2[nH]1)C(C)C. The second-order valence-electron chi connectivity index (χ2n) is 19.6. The lowest BCUT2D eigenvalue weighted by atomic mass is 9.90. The number of aliphatic hydroxyl groups excluding tert-OH is 1. The zero-order chi connectivity index (χ0) is 46.9. The van der Waals surface area contributed by atoms with Gasteiger partial charge in [0, 0.05) is 45.6 Å². The van der Waals surface area contributed by atoms with Crippen molar-refractivity contribution in [1.82, 2.24) is 45.0 Å². The summed E-state index contributed by atoms with van der Waals surface area (Å²) in [7, 11) is 2.76. The molecule has 4 aliphatic rings. The Morgan fingerprint density at radius 1 is 0.716 bits per heavy atom. The summed E-state index contributed by atoms with van der Waals surface area (Å²) in [5.41, 5.74) is 6.75. The fourth-order valence-electron chi connectivity index (χ4n) is 11.0. The largest absolute Gasteiger partial charge is 0.453 e. The first-order valence-corrected chi connectivity index (χ1v) is 24.4. The first-order valence-electron chi connectivity index (χ1n) is 24.4. The Kier molecular flexibility index (Phi) is 13.7. The molecule has 0 aliphatic carbocycles. The number of benzene rings is 2. The molecule has 7 heterocycles. The number of methoxy groups -OCH3 is 2. The summed E-state index contributed by atoms with van der Waals surface area (Å²) < 4.78 is 9.98. The molecule has 2 aromatic carbocycles. The normalized spacial score (nSPS) is 22.6. The lowest BCUT2D eigenvalue weighted by molar-refractivity contribution is -0.145. The van der Waals surface area contributed by atoms with Gasteiger partial charge in [0.2, 0.25) is 17.8 Å². The lowest BCUT2D eigenvalue weighted by Crippen LogP contribution is -2.51. The van der Waals surface area contributed by atoms with Gasteiger partial charge in [-0.25, -0.2) is 24.7 Å². The van der Waals surface area contributed by atoms with Crippen LogP contribution in [0.2, 0.25) is 0 Å². The van der Waals surface area contributed by atoms with Crippen LogP contribution < -0.4 is 15.1 Å². The van der Waals surface area contributed by atoms with Gasteiger partial charge in [0.25, 0.3) is 0 Å². The van der Waals surface area contributed by atoms with Crippen molar-refractivity contribution >= 4 is 51.6 Å². The van der Waals surface area contributed by atoms with Crippen LogP contribution in [0, 0.1) is 17.8 Å². The Balaban J connectivity index is 1.01. The zero-order valence-corrected chi connectivity index (χ0v) is 39.8. The third kappa shape index (κ3) is 9.41. The molecule has 7 atom stereocenters. The number of hydrogen-bond acceptors (Lipinski definition) is 12. The highest BCUT2D eigenvalue weighted by atomic mass is 16.6. The van der Waals surface area contributed by atoms with E-state index in [1.807, 2.05) is 49.9 Å². The van der Waals surface area contributed by atoms with Gasteiger partial charge in [0.1, 0.15) is 17.7 Å². The molecule has 4 fully saturated rings. The number of ether oxygens (including phenoxy) is 2. The molecule has 0 saturated carbocycles. The van der Waals surface area contributed by atoms with E-state index in [4.69, 9.17) is 29.4 Å². The highest BCUT2D eigenvalue weighted by Gasteiger charge is 2.41. The Morgan fingerprint density at radius 2 is 1.27 bits per heavy atom. The standard InChI is InChI=1S/C50H67N11O6/c1-29(2)34(26-43(62)66-5)47(63)59-22-10-12-41(59)45-53-35-16-14-31(24-37(35)55-45)39-18-19-40(61(39)33-27-51-49(52-28-33)58-20-8-7-9-21-58)32-15-17-36-38(25-32)56-46(54-36)42-13-11-23-60(42)48(64)44(30(3)4)57-50(65)67-6/h14-17,24-25,27-30,34,39-44,62H,7-13,18-23,26H2,1-6H3,(H,53,55)(H,54,56)(H,57,65)/t34-,39+,40+,41-,42-,43+,44-/m0/s1. The Bertz CT molecular complexity index is 2540. The van der Waals surface area contributed by atoms with Crippen LogP contribution >= 0.6 is 0 Å². The highest BCUT2D eigenvalue weighted by Crippen LogP contribution is 2.48. The van der Waals surface area contributed by atoms with E-state index in [1.165, 1.54) is 20.6 Å². The summed E-state index contributed by atoms with van der Waals surface area (Å²) >= 11 is 0. The number of nitrogens with one attached hydrogen (secondary N) is 3. The van der Waals surface area contributed by atoms with Crippen molar-refractivity contribution in [2.45, 2.75) is 128 Å². The van der Waals surface area contributed by atoms with Gasteiger partial charge in [-0.3, -0.25) is 9.59 Å². The van der Waals surface area contributed by atoms with Crippen LogP contribution in [0.25, 0.3) is 22.1 Å². The maximum Gasteiger partial charge on any atom is 0.407 e. The number of carbonyl (C=O) groups excluding carboxylic acids is 3. The van der Waals surface area contributed by atoms with Gasteiger partial charge < -0.3 is 49.5 Å². The zero-order valence-electron chi connectivity index (χ0n) is 39.8. The summed E-state index contributed by atoms with van der Waals surface area (Å²) in [6.45, 7) is 11.0. The van der Waals surface area contributed by atoms with Crippen LogP contribution in [-0.4, -0.2) is 115 Å². The van der Waals surface area contributed by atoms with E-state index < -0.39 is 18.4 Å². The third-order valence-electron chi connectivity index (χ3n) is 14.7. The van der Waals surface area contributed by atoms with Crippen LogP contribution in [0.3, 0.4) is 0 Å². The molecule has 0 spiro atoms. The summed E-state index contributed by atoms with van der Waals surface area (Å²) in [5, 5.41) is 13.1. The third-order valence-corrected chi connectivity index (χ3v) is 14.7. The smallest absolute Gasteiger partial charge is 0.407 e. The molecule has 358 valence electrons. The molecule has 67 heavy (non-hydrogen) atoms. The number of aromatic amines is 2. The minimum atomic E-state index is -0.994. The molecule has 4 saturated heterocycles. The van der Waals surface area contributed by atoms with E-state index >= 15 is 0 Å². The molecule has 9 rings (SSSR count). The van der Waals surface area contributed by atoms with Crippen LogP contribution in [-0.2, 0) is 19.1 Å². The fraction of sp³-hybridized carbons (Fsp3) is 0.580. The number of nitrogens with zero attached hydrogens (tertiary/aromatic N) is 8. The molecule has 0 radical (unpaired) electrons. The van der Waals surface area contributed by atoms with Crippen molar-refractivity contribution in [3.8, 4) is 0 Å². The minimum absolute atomic E-state index is 0.00273. The van der Waals surface area contributed by atoms with Gasteiger partial charge in [0.05, 0.1) is 71.4 Å². The van der Waals surface area contributed by atoms with Gasteiger partial charge in [0.15, 0.2) is 6.29 Å². The van der Waals surface area contributed by atoms with Crippen LogP contribution in [0.5, 0.6) is 0 Å². The number of aliphatic hydroxyl groups is 1. The van der Waals surface area contributed by atoms with Crippen LogP contribution in [0.1, 0.15) is 139 Å². The fourth-order valence-corrected chi connectivity index (χ4v) is 11.0. The van der Waals surface area contributed by atoms with Crippen molar-refractivity contribution in [1.29, 1.82) is 0 Å². The molecule has 3 amide bonds. The molecule has 0 bridgehead atoms. The minimum Gasteiger partial charge on any atom is -0.453 e. The first-order chi connectivity index (χ1) is 32.4. The predicted octanol–water partition coefficient (Wildman–Crippen LogP) is 7.64. The second-order valence-corrected chi connectivity index (χ2v) is 19.6. The molecule has 4 N–H and O–H groups in total. The van der Waals surface area contributed by atoms with E-state index in [0.717, 1.165) is 121 Å². The number of imidazole rings is 2. The van der Waals surface area contributed by atoms with Gasteiger partial charge >= 0.3 is 6.09 Å². The number of carbonyl (C=O) groups is 3. The van der Waals surface area contributed by atoms with E-state index in [-0.39, 0.29) is 60.2 Å². The number of rotatable bonds is 14. The molecular formula is C50H67N11O6. The molecule has 17 heteroatoms. The van der Waals surface area contributed by atoms with Crippen molar-refractivity contribution in [2.24, 2.45) is 17.8 Å². The summed E-state index contributed by atoms with van der Waals surface area (Å²) in [5.74, 6) is 1.73. The number of amides is 3. The van der Waals surface area contributed by atoms with Crippen molar-refractivity contribution in [2.75, 3.05) is 50.2 Å². The number of alkyl carbamates (subject to hydrolysis) is 1. The molecule has 3 aromatic heterocycles. The molecule has 17 nitrogen and oxygen atoms in total. The Hall–Kier alpha value is -5.81. The van der Waals surface area contributed by atoms with Crippen molar-refractivity contribution in [3.63, 3.8) is 0 Å². The lowest BCUT2D eigenvalue weighted by Gasteiger charge is -2.33. The van der Waals surface area contributed by atoms with Gasteiger partial charge in [-0.05, 0) is 105 Å². The van der Waals surface area contributed by atoms with E-state index in [2.05, 4.69) is 61.5 Å². The summed E-state index contributed by atoms with van der Waals surface area (Å²) in [4.78, 5) is 75.9. The van der Waals surface area contributed by atoms with Crippen LogP contribution in [0.15, 0.2) is 48.8 Å². The van der Waals surface area contributed by atoms with Gasteiger partial charge in [-0.2, -0.15) is 0 Å². The van der Waals surface area contributed by atoms with Gasteiger partial charge in [-0.1, -0.05) is 39.8 Å². The van der Waals surface area contributed by atoms with Crippen LogP contribution in [0.4, 0.5) is 16.4 Å². The maximum absolute atomic E-state index is 14.0. The van der Waals surface area contributed by atoms with E-state index in [9.17, 15) is 19.5 Å². The topological polar surface area (TPSA) is 198 Å². The number of hydrogen-bond donors (Lipinski definition) is 4. The average Bonchev–Trinajstić information content (AvgIpc) is 4.20. The number of aromatic nitrogens is 6. The first kappa shape index (κ1) is 46.3. The number of anilines is 2. The van der Waals surface area contributed by atoms with E-state index in [1.54, 1.807) is 0 Å². The quantitative estimate of drug-likeness (QED) is 0.0796. The Labute approximate surface area is 392 Å². The summed E-state index contributed by atoms with van der Waals surface area (Å²) in [6, 6.07) is 11.8. The number of likely N-dealkylation sites (tertiary alicyclic amines) is 2. The van der Waals surface area contributed by atoms with E-state index in [0.29, 0.717) is 13.1 Å². The molecule has 4 aliphatic heterocycles. The van der Waals surface area contributed by atoms with Gasteiger partial charge in [-0.15, -0.1) is 0 Å². The maximum atomic E-state index is 14.0. The second kappa shape index (κ2) is 19.8. The molecular weight excluding hydrogens is 851 g/mol. The molecule has 5 aromatic rings. The number of H-pyrrole nitrogens is 2. The Morgan fingerprint density at radius 3 is 1.78 bits per heavy atom. The number of fused-ring (bicyclic) bond motifs is 2. The van der Waals surface area contributed by atoms with Crippen molar-refractivity contribution < 1.29 is 29.0 Å². The molecule has 0 unspecified atom stereocenters. The monoisotopic (exact) mass is 918 g/mol.